The van der Waals surface area contributed by atoms with Crippen LogP contribution < -0.4 is 0 Å². The minimum Gasteiger partial charge on any atom is -0.469 e. The average molecular weight is 247 g/mol. The first kappa shape index (κ1) is 12.8. The molecule has 7 heteroatoms. The van der Waals surface area contributed by atoms with Crippen molar-refractivity contribution in [1.29, 1.82) is 0 Å². The highest BCUT2D eigenvalue weighted by molar-refractivity contribution is 6.30. The zero-order valence-corrected chi connectivity index (χ0v) is 9.26. The predicted octanol–water partition coefficient (Wildman–Crippen LogP) is 0.0874. The molecule has 0 amide bonds. The zero-order valence-electron chi connectivity index (χ0n) is 8.50. The van der Waals surface area contributed by atoms with Gasteiger partial charge in [-0.1, -0.05) is 11.6 Å². The number of ether oxygens (including phenoxy) is 1. The molecule has 0 fully saturated rings. The highest BCUT2D eigenvalue weighted by Gasteiger charge is 2.24. The second kappa shape index (κ2) is 5.74. The highest BCUT2D eigenvalue weighted by Crippen LogP contribution is 2.23. The van der Waals surface area contributed by atoms with Gasteiger partial charge < -0.3 is 14.9 Å². The largest absolute Gasteiger partial charge is 0.469 e. The third kappa shape index (κ3) is 3.13. The molecule has 0 aliphatic rings. The first-order valence-corrected chi connectivity index (χ1v) is 4.82. The van der Waals surface area contributed by atoms with Crippen molar-refractivity contribution in [2.45, 2.75) is 18.6 Å². The van der Waals surface area contributed by atoms with Gasteiger partial charge in [0.05, 0.1) is 19.6 Å². The lowest BCUT2D eigenvalue weighted by Gasteiger charge is -2.17. The number of esters is 1. The molecule has 0 radical (unpaired) electrons. The number of aromatic nitrogens is 2. The van der Waals surface area contributed by atoms with Gasteiger partial charge in [0.1, 0.15) is 17.6 Å². The molecule has 2 atom stereocenters. The summed E-state index contributed by atoms with van der Waals surface area (Å²) in [5.74, 6) is -0.625. The van der Waals surface area contributed by atoms with Crippen molar-refractivity contribution in [2.75, 3.05) is 7.11 Å². The molecule has 0 aromatic carbocycles. The molecule has 0 spiro atoms. The van der Waals surface area contributed by atoms with Crippen molar-refractivity contribution in [3.63, 3.8) is 0 Å². The van der Waals surface area contributed by atoms with Crippen LogP contribution in [-0.4, -0.2) is 39.4 Å². The summed E-state index contributed by atoms with van der Waals surface area (Å²) in [5.41, 5.74) is 0.167. The van der Waals surface area contributed by atoms with Gasteiger partial charge in [-0.2, -0.15) is 0 Å². The van der Waals surface area contributed by atoms with Gasteiger partial charge in [0, 0.05) is 11.8 Å². The summed E-state index contributed by atoms with van der Waals surface area (Å²) >= 11 is 5.70. The van der Waals surface area contributed by atoms with Crippen LogP contribution in [0.25, 0.3) is 0 Å². The van der Waals surface area contributed by atoms with E-state index in [1.807, 2.05) is 0 Å². The lowest BCUT2D eigenvalue weighted by Crippen LogP contribution is -2.23. The molecule has 1 heterocycles. The SMILES string of the molecule is COC(=O)CC(O)C(O)c1cncnc1Cl. The molecule has 2 N–H and O–H groups in total. The molecule has 0 saturated heterocycles. The molecule has 2 unspecified atom stereocenters. The van der Waals surface area contributed by atoms with Crippen LogP contribution in [0.15, 0.2) is 12.5 Å². The number of nitrogens with zero attached hydrogens (tertiary/aromatic N) is 2. The molecule has 1 aromatic heterocycles. The van der Waals surface area contributed by atoms with E-state index >= 15 is 0 Å². The Labute approximate surface area is 96.9 Å². The second-order valence-corrected chi connectivity index (χ2v) is 3.42. The Morgan fingerprint density at radius 2 is 2.31 bits per heavy atom. The summed E-state index contributed by atoms with van der Waals surface area (Å²) in [7, 11) is 1.19. The fourth-order valence-corrected chi connectivity index (χ4v) is 1.30. The Morgan fingerprint density at radius 3 is 2.88 bits per heavy atom. The summed E-state index contributed by atoms with van der Waals surface area (Å²) in [6, 6.07) is 0. The van der Waals surface area contributed by atoms with Gasteiger partial charge in [-0.25, -0.2) is 9.97 Å². The van der Waals surface area contributed by atoms with Gasteiger partial charge in [-0.15, -0.1) is 0 Å². The first-order chi connectivity index (χ1) is 7.56. The highest BCUT2D eigenvalue weighted by atomic mass is 35.5. The van der Waals surface area contributed by atoms with E-state index in [-0.39, 0.29) is 17.1 Å². The van der Waals surface area contributed by atoms with E-state index in [0.717, 1.165) is 0 Å². The van der Waals surface area contributed by atoms with E-state index in [2.05, 4.69) is 14.7 Å². The van der Waals surface area contributed by atoms with E-state index in [1.165, 1.54) is 19.6 Å². The van der Waals surface area contributed by atoms with E-state index in [4.69, 9.17) is 11.6 Å². The van der Waals surface area contributed by atoms with Gasteiger partial charge in [0.15, 0.2) is 0 Å². The van der Waals surface area contributed by atoms with E-state index in [1.54, 1.807) is 0 Å². The second-order valence-electron chi connectivity index (χ2n) is 3.06. The number of carbonyl (C=O) groups is 1. The number of hydrogen-bond acceptors (Lipinski definition) is 6. The molecular weight excluding hydrogens is 236 g/mol. The number of rotatable bonds is 4. The smallest absolute Gasteiger partial charge is 0.308 e. The van der Waals surface area contributed by atoms with Crippen LogP contribution in [0.5, 0.6) is 0 Å². The Balaban J connectivity index is 2.74. The van der Waals surface area contributed by atoms with Gasteiger partial charge >= 0.3 is 5.97 Å². The molecule has 0 bridgehead atoms. The normalized spacial score (nSPS) is 14.2. The quantitative estimate of drug-likeness (QED) is 0.578. The topological polar surface area (TPSA) is 92.5 Å². The Hall–Kier alpha value is -1.24. The maximum absolute atomic E-state index is 10.9. The fraction of sp³-hybridized carbons (Fsp3) is 0.444. The lowest BCUT2D eigenvalue weighted by molar-refractivity contribution is -0.144. The monoisotopic (exact) mass is 246 g/mol. The summed E-state index contributed by atoms with van der Waals surface area (Å²) < 4.78 is 4.36. The molecular formula is C9H11ClN2O4. The third-order valence-corrected chi connectivity index (χ3v) is 2.29. The number of aliphatic hydroxyl groups is 2. The van der Waals surface area contributed by atoms with Crippen LogP contribution in [0.1, 0.15) is 18.1 Å². The standard InChI is InChI=1S/C9H11ClN2O4/c1-16-7(14)2-6(13)8(15)5-3-11-4-12-9(5)10/h3-4,6,8,13,15H,2H2,1H3. The molecule has 0 aliphatic carbocycles. The third-order valence-electron chi connectivity index (χ3n) is 1.98. The maximum atomic E-state index is 10.9. The van der Waals surface area contributed by atoms with E-state index in [0.29, 0.717) is 0 Å². The van der Waals surface area contributed by atoms with Gasteiger partial charge in [0.25, 0.3) is 0 Å². The summed E-state index contributed by atoms with van der Waals surface area (Å²) in [6.45, 7) is 0. The number of aliphatic hydroxyl groups excluding tert-OH is 2. The molecule has 6 nitrogen and oxygen atoms in total. The average Bonchev–Trinajstić information content (AvgIpc) is 2.28. The van der Waals surface area contributed by atoms with Crippen molar-refractivity contribution in [1.82, 2.24) is 9.97 Å². The molecule has 88 valence electrons. The summed E-state index contributed by atoms with van der Waals surface area (Å²) in [5, 5.41) is 19.3. The van der Waals surface area contributed by atoms with Gasteiger partial charge in [-0.3, -0.25) is 4.79 Å². The van der Waals surface area contributed by atoms with Gasteiger partial charge in [0.2, 0.25) is 0 Å². The van der Waals surface area contributed by atoms with Crippen LogP contribution in [-0.2, 0) is 9.53 Å². The van der Waals surface area contributed by atoms with Crippen molar-refractivity contribution < 1.29 is 19.7 Å². The van der Waals surface area contributed by atoms with Crippen LogP contribution in [0.3, 0.4) is 0 Å². The number of halogens is 1. The maximum Gasteiger partial charge on any atom is 0.308 e. The van der Waals surface area contributed by atoms with Crippen molar-refractivity contribution >= 4 is 17.6 Å². The van der Waals surface area contributed by atoms with Crippen LogP contribution >= 0.6 is 11.6 Å². The molecule has 1 rings (SSSR count). The van der Waals surface area contributed by atoms with Crippen molar-refractivity contribution in [2.24, 2.45) is 0 Å². The predicted molar refractivity (Wildman–Crippen MR) is 54.6 cm³/mol. The Morgan fingerprint density at radius 1 is 1.62 bits per heavy atom. The van der Waals surface area contributed by atoms with E-state index < -0.39 is 18.2 Å². The minimum atomic E-state index is -1.33. The van der Waals surface area contributed by atoms with Crippen LogP contribution in [0.4, 0.5) is 0 Å². The molecule has 1 aromatic rings. The lowest BCUT2D eigenvalue weighted by atomic mass is 10.1. The Kier molecular flexibility index (Phi) is 4.60. The fourth-order valence-electron chi connectivity index (χ4n) is 1.10. The van der Waals surface area contributed by atoms with Crippen LogP contribution in [0.2, 0.25) is 5.15 Å². The summed E-state index contributed by atoms with van der Waals surface area (Å²) in [4.78, 5) is 18.2. The van der Waals surface area contributed by atoms with Crippen LogP contribution in [0, 0.1) is 0 Å². The minimum absolute atomic E-state index is 0.0337. The Bertz CT molecular complexity index is 374. The van der Waals surface area contributed by atoms with Crippen molar-refractivity contribution in [3.05, 3.63) is 23.2 Å². The van der Waals surface area contributed by atoms with Crippen molar-refractivity contribution in [3.8, 4) is 0 Å². The molecule has 0 aliphatic heterocycles. The molecule has 16 heavy (non-hydrogen) atoms. The van der Waals surface area contributed by atoms with Gasteiger partial charge in [-0.05, 0) is 0 Å². The number of hydrogen-bond donors (Lipinski definition) is 2. The first-order valence-electron chi connectivity index (χ1n) is 4.44. The number of methoxy groups -OCH3 is 1. The summed E-state index contributed by atoms with van der Waals surface area (Å²) in [6.07, 6.45) is -0.474. The van der Waals surface area contributed by atoms with E-state index in [9.17, 15) is 15.0 Å². The molecule has 0 saturated carbocycles. The zero-order chi connectivity index (χ0) is 12.1. The number of carbonyl (C=O) groups excluding carboxylic acids is 1.